The van der Waals surface area contributed by atoms with Gasteiger partial charge in [-0.05, 0) is 6.42 Å². The van der Waals surface area contributed by atoms with Crippen molar-refractivity contribution in [2.24, 2.45) is 0 Å². The molecule has 3 N–H and O–H groups in total. The molecule has 0 spiro atoms. The Hall–Kier alpha value is -0.660. The van der Waals surface area contributed by atoms with Crippen LogP contribution in [-0.4, -0.2) is 45.8 Å². The molecule has 1 rings (SSSR count). The van der Waals surface area contributed by atoms with Crippen LogP contribution in [-0.2, 0) is 14.8 Å². The Balaban J connectivity index is 2.16. The van der Waals surface area contributed by atoms with Gasteiger partial charge in [-0.15, -0.1) is 0 Å². The van der Waals surface area contributed by atoms with E-state index in [1.54, 1.807) is 0 Å². The van der Waals surface area contributed by atoms with Crippen LogP contribution in [0.2, 0.25) is 0 Å². The molecule has 1 atom stereocenters. The molecule has 0 aromatic carbocycles. The zero-order chi connectivity index (χ0) is 15.6. The second kappa shape index (κ2) is 10.1. The van der Waals surface area contributed by atoms with Crippen LogP contribution in [0.15, 0.2) is 0 Å². The number of carbonyl (C=O) groups excluding carboxylic acids is 1. The molecule has 7 heteroatoms. The Morgan fingerprint density at radius 3 is 2.52 bits per heavy atom. The molecule has 1 amide bonds. The molecule has 124 valence electrons. The molecule has 0 aliphatic carbocycles. The Labute approximate surface area is 128 Å². The van der Waals surface area contributed by atoms with E-state index in [4.69, 9.17) is 0 Å². The number of carbonyl (C=O) groups is 1. The molecule has 1 heterocycles. The predicted octanol–water partition coefficient (Wildman–Crippen LogP) is 0.744. The highest BCUT2D eigenvalue weighted by atomic mass is 32.2. The van der Waals surface area contributed by atoms with Crippen LogP contribution >= 0.6 is 0 Å². The summed E-state index contributed by atoms with van der Waals surface area (Å²) in [6, 6.07) is 0.0167. The van der Waals surface area contributed by atoms with Crippen LogP contribution in [0.4, 0.5) is 0 Å². The van der Waals surface area contributed by atoms with Crippen molar-refractivity contribution >= 4 is 15.9 Å². The number of rotatable bonds is 10. The summed E-state index contributed by atoms with van der Waals surface area (Å²) in [5.41, 5.74) is 0. The lowest BCUT2D eigenvalue weighted by Gasteiger charge is -2.23. The second-order valence-corrected chi connectivity index (χ2v) is 7.51. The largest absolute Gasteiger partial charge is 0.314 e. The van der Waals surface area contributed by atoms with Gasteiger partial charge in [0.2, 0.25) is 15.9 Å². The normalized spacial score (nSPS) is 19.4. The fourth-order valence-corrected chi connectivity index (χ4v) is 3.54. The quantitative estimate of drug-likeness (QED) is 0.517. The van der Waals surface area contributed by atoms with Crippen molar-refractivity contribution < 1.29 is 13.2 Å². The van der Waals surface area contributed by atoms with E-state index in [2.05, 4.69) is 22.3 Å². The molecule has 1 fully saturated rings. The SMILES string of the molecule is CCCCCCCCS(=O)(=O)NC(=O)CC1CNCCN1. The Morgan fingerprint density at radius 1 is 1.14 bits per heavy atom. The van der Waals surface area contributed by atoms with Crippen LogP contribution in [0.5, 0.6) is 0 Å². The molecule has 1 saturated heterocycles. The molecule has 6 nitrogen and oxygen atoms in total. The van der Waals surface area contributed by atoms with Gasteiger partial charge in [0, 0.05) is 32.1 Å². The standard InChI is InChI=1S/C14H29N3O3S/c1-2-3-4-5-6-7-10-21(19,20)17-14(18)11-13-12-15-8-9-16-13/h13,15-16H,2-12H2,1H3,(H,17,18). The van der Waals surface area contributed by atoms with Crippen LogP contribution in [0.1, 0.15) is 51.9 Å². The minimum absolute atomic E-state index is 0.0167. The predicted molar refractivity (Wildman–Crippen MR) is 84.6 cm³/mol. The van der Waals surface area contributed by atoms with Gasteiger partial charge in [-0.2, -0.15) is 0 Å². The van der Waals surface area contributed by atoms with Crippen molar-refractivity contribution in [2.45, 2.75) is 57.9 Å². The van der Waals surface area contributed by atoms with E-state index in [-0.39, 0.29) is 18.2 Å². The summed E-state index contributed by atoms with van der Waals surface area (Å²) in [6.45, 7) is 4.54. The molecule has 0 saturated carbocycles. The smallest absolute Gasteiger partial charge is 0.235 e. The van der Waals surface area contributed by atoms with Crippen LogP contribution in [0, 0.1) is 0 Å². The molecule has 0 radical (unpaired) electrons. The summed E-state index contributed by atoms with van der Waals surface area (Å²) in [5, 5.41) is 6.36. The van der Waals surface area contributed by atoms with Crippen LogP contribution < -0.4 is 15.4 Å². The third-order valence-electron chi connectivity index (χ3n) is 3.59. The highest BCUT2D eigenvalue weighted by Crippen LogP contribution is 2.06. The van der Waals surface area contributed by atoms with Crippen molar-refractivity contribution in [3.8, 4) is 0 Å². The average Bonchev–Trinajstić information content (AvgIpc) is 2.43. The number of hydrogen-bond acceptors (Lipinski definition) is 5. The van der Waals surface area contributed by atoms with E-state index in [0.717, 1.165) is 32.4 Å². The minimum atomic E-state index is -3.47. The van der Waals surface area contributed by atoms with E-state index >= 15 is 0 Å². The minimum Gasteiger partial charge on any atom is -0.314 e. The van der Waals surface area contributed by atoms with E-state index in [9.17, 15) is 13.2 Å². The summed E-state index contributed by atoms with van der Waals surface area (Å²) in [5.74, 6) is -0.372. The molecule has 0 aromatic heterocycles. The van der Waals surface area contributed by atoms with Crippen molar-refractivity contribution in [1.82, 2.24) is 15.4 Å². The number of sulfonamides is 1. The van der Waals surface area contributed by atoms with Gasteiger partial charge in [-0.1, -0.05) is 39.0 Å². The van der Waals surface area contributed by atoms with Gasteiger partial charge < -0.3 is 10.6 Å². The molecule has 0 aromatic rings. The molecule has 1 aliphatic rings. The summed E-state index contributed by atoms with van der Waals surface area (Å²) >= 11 is 0. The first-order valence-electron chi connectivity index (χ1n) is 8.01. The van der Waals surface area contributed by atoms with E-state index < -0.39 is 15.9 Å². The highest BCUT2D eigenvalue weighted by Gasteiger charge is 2.19. The molecule has 1 aliphatic heterocycles. The van der Waals surface area contributed by atoms with E-state index in [1.165, 1.54) is 12.8 Å². The first-order valence-corrected chi connectivity index (χ1v) is 9.66. The number of hydrogen-bond donors (Lipinski definition) is 3. The zero-order valence-corrected chi connectivity index (χ0v) is 13.8. The molecule has 1 unspecified atom stereocenters. The van der Waals surface area contributed by atoms with Gasteiger partial charge in [-0.3, -0.25) is 9.52 Å². The maximum Gasteiger partial charge on any atom is 0.235 e. The highest BCUT2D eigenvalue weighted by molar-refractivity contribution is 7.90. The average molecular weight is 319 g/mol. The molecular weight excluding hydrogens is 290 g/mol. The molecule has 21 heavy (non-hydrogen) atoms. The number of nitrogens with one attached hydrogen (secondary N) is 3. The lowest BCUT2D eigenvalue weighted by molar-refractivity contribution is -0.119. The van der Waals surface area contributed by atoms with Gasteiger partial charge in [0.25, 0.3) is 0 Å². The molecular formula is C14H29N3O3S. The Morgan fingerprint density at radius 2 is 1.86 bits per heavy atom. The van der Waals surface area contributed by atoms with Gasteiger partial charge in [0.05, 0.1) is 5.75 Å². The monoisotopic (exact) mass is 319 g/mol. The van der Waals surface area contributed by atoms with Crippen molar-refractivity contribution in [3.05, 3.63) is 0 Å². The topological polar surface area (TPSA) is 87.3 Å². The van der Waals surface area contributed by atoms with Crippen molar-refractivity contribution in [3.63, 3.8) is 0 Å². The second-order valence-electron chi connectivity index (χ2n) is 5.67. The van der Waals surface area contributed by atoms with Crippen molar-refractivity contribution in [1.29, 1.82) is 0 Å². The number of piperazine rings is 1. The number of unbranched alkanes of at least 4 members (excludes halogenated alkanes) is 5. The summed E-state index contributed by atoms with van der Waals surface area (Å²) < 4.78 is 25.8. The van der Waals surface area contributed by atoms with Gasteiger partial charge in [0.1, 0.15) is 0 Å². The fourth-order valence-electron chi connectivity index (χ4n) is 2.42. The first-order chi connectivity index (χ1) is 10.0. The van der Waals surface area contributed by atoms with E-state index in [1.807, 2.05) is 0 Å². The van der Waals surface area contributed by atoms with Crippen molar-refractivity contribution in [2.75, 3.05) is 25.4 Å². The zero-order valence-electron chi connectivity index (χ0n) is 13.0. The van der Waals surface area contributed by atoms with Gasteiger partial charge in [-0.25, -0.2) is 8.42 Å². The fraction of sp³-hybridized carbons (Fsp3) is 0.929. The van der Waals surface area contributed by atoms with E-state index in [0.29, 0.717) is 13.0 Å². The van der Waals surface area contributed by atoms with Gasteiger partial charge in [0.15, 0.2) is 0 Å². The summed E-state index contributed by atoms with van der Waals surface area (Å²) in [4.78, 5) is 11.7. The summed E-state index contributed by atoms with van der Waals surface area (Å²) in [6.07, 6.45) is 6.32. The molecule has 0 bridgehead atoms. The first kappa shape index (κ1) is 18.4. The third-order valence-corrected chi connectivity index (χ3v) is 4.96. The van der Waals surface area contributed by atoms with Gasteiger partial charge >= 0.3 is 0 Å². The van der Waals surface area contributed by atoms with Crippen LogP contribution in [0.25, 0.3) is 0 Å². The summed E-state index contributed by atoms with van der Waals surface area (Å²) in [7, 11) is -3.47. The lowest BCUT2D eigenvalue weighted by Crippen LogP contribution is -2.50. The van der Waals surface area contributed by atoms with Crippen LogP contribution in [0.3, 0.4) is 0 Å². The maximum atomic E-state index is 11.8. The Kier molecular flexibility index (Phi) is 8.87. The lowest BCUT2D eigenvalue weighted by atomic mass is 10.1. The third kappa shape index (κ3) is 9.06. The number of amides is 1. The maximum absolute atomic E-state index is 11.8. The Bertz CT molecular complexity index is 392.